The summed E-state index contributed by atoms with van der Waals surface area (Å²) in [5.41, 5.74) is 4.57. The van der Waals surface area contributed by atoms with E-state index in [2.05, 4.69) is 52.6 Å². The summed E-state index contributed by atoms with van der Waals surface area (Å²) < 4.78 is 0. The molecule has 3 nitrogen and oxygen atoms in total. The van der Waals surface area contributed by atoms with Gasteiger partial charge in [-0.05, 0) is 53.3 Å². The lowest BCUT2D eigenvalue weighted by Crippen LogP contribution is -2.30. The molecule has 1 heterocycles. The molecule has 0 bridgehead atoms. The quantitative estimate of drug-likeness (QED) is 0.838. The number of hydrogen-bond acceptors (Lipinski definition) is 3. The second-order valence-corrected chi connectivity index (χ2v) is 6.59. The highest BCUT2D eigenvalue weighted by molar-refractivity contribution is 7.08. The Morgan fingerprint density at radius 3 is 2.77 bits per heavy atom. The third-order valence-corrected chi connectivity index (χ3v) is 4.88. The van der Waals surface area contributed by atoms with E-state index in [0.717, 1.165) is 30.5 Å². The van der Waals surface area contributed by atoms with Crippen molar-refractivity contribution in [2.24, 2.45) is 0 Å². The summed E-state index contributed by atoms with van der Waals surface area (Å²) in [4.78, 5) is 12.4. The predicted octanol–water partition coefficient (Wildman–Crippen LogP) is 4.23. The van der Waals surface area contributed by atoms with Crippen molar-refractivity contribution < 1.29 is 4.79 Å². The highest BCUT2D eigenvalue weighted by atomic mass is 32.1. The van der Waals surface area contributed by atoms with E-state index >= 15 is 0 Å². The molecule has 3 rings (SSSR count). The van der Waals surface area contributed by atoms with Gasteiger partial charge in [0, 0.05) is 24.3 Å². The molecule has 2 aromatic rings. The molecule has 1 fully saturated rings. The summed E-state index contributed by atoms with van der Waals surface area (Å²) >= 11 is 1.70. The zero-order valence-electron chi connectivity index (χ0n) is 13.1. The first kappa shape index (κ1) is 15.1. The summed E-state index contributed by atoms with van der Waals surface area (Å²) in [6.45, 7) is 2.07. The van der Waals surface area contributed by atoms with E-state index in [4.69, 9.17) is 0 Å². The zero-order valence-corrected chi connectivity index (χ0v) is 13.9. The van der Waals surface area contributed by atoms with Gasteiger partial charge in [0.1, 0.15) is 0 Å². The van der Waals surface area contributed by atoms with Crippen molar-refractivity contribution >= 4 is 22.9 Å². The molecule has 1 aliphatic carbocycles. The van der Waals surface area contributed by atoms with Crippen molar-refractivity contribution in [3.05, 3.63) is 40.6 Å². The standard InChI is InChI=1S/C18H22N2OS/c1-3-15(18(21)20-14-5-6-14)12-4-7-16(17(10-12)19-2)13-8-9-22-11-13/h4,7-11,14-15,19H,3,5-6H2,1-2H3,(H,20,21). The van der Waals surface area contributed by atoms with Crippen molar-refractivity contribution in [1.82, 2.24) is 5.32 Å². The normalized spacial score (nSPS) is 15.4. The van der Waals surface area contributed by atoms with E-state index < -0.39 is 0 Å². The second kappa shape index (κ2) is 6.53. The second-order valence-electron chi connectivity index (χ2n) is 5.81. The zero-order chi connectivity index (χ0) is 15.5. The van der Waals surface area contributed by atoms with Gasteiger partial charge in [-0.15, -0.1) is 0 Å². The molecule has 22 heavy (non-hydrogen) atoms. The molecule has 0 radical (unpaired) electrons. The van der Waals surface area contributed by atoms with Gasteiger partial charge in [0.15, 0.2) is 0 Å². The molecule has 0 saturated heterocycles. The molecule has 1 amide bonds. The summed E-state index contributed by atoms with van der Waals surface area (Å²) in [7, 11) is 1.93. The predicted molar refractivity (Wildman–Crippen MR) is 93.5 cm³/mol. The van der Waals surface area contributed by atoms with Crippen molar-refractivity contribution in [3.63, 3.8) is 0 Å². The van der Waals surface area contributed by atoms with Crippen LogP contribution in [0.15, 0.2) is 35.0 Å². The van der Waals surface area contributed by atoms with E-state index in [1.807, 2.05) is 7.05 Å². The van der Waals surface area contributed by atoms with Gasteiger partial charge < -0.3 is 10.6 Å². The minimum atomic E-state index is -0.0655. The van der Waals surface area contributed by atoms with E-state index in [-0.39, 0.29) is 11.8 Å². The summed E-state index contributed by atoms with van der Waals surface area (Å²) in [6.07, 6.45) is 3.07. The van der Waals surface area contributed by atoms with E-state index in [9.17, 15) is 4.79 Å². The topological polar surface area (TPSA) is 41.1 Å². The van der Waals surface area contributed by atoms with Crippen LogP contribution >= 0.6 is 11.3 Å². The van der Waals surface area contributed by atoms with E-state index in [1.54, 1.807) is 11.3 Å². The fraction of sp³-hybridized carbons (Fsp3) is 0.389. The Bertz CT molecular complexity index is 647. The van der Waals surface area contributed by atoms with Crippen molar-refractivity contribution in [1.29, 1.82) is 0 Å². The first-order valence-electron chi connectivity index (χ1n) is 7.87. The number of amides is 1. The Kier molecular flexibility index (Phi) is 4.48. The van der Waals surface area contributed by atoms with Gasteiger partial charge in [-0.2, -0.15) is 11.3 Å². The minimum absolute atomic E-state index is 0.0655. The van der Waals surface area contributed by atoms with E-state index in [1.165, 1.54) is 11.1 Å². The Morgan fingerprint density at radius 2 is 2.18 bits per heavy atom. The van der Waals surface area contributed by atoms with Gasteiger partial charge in [0.05, 0.1) is 5.92 Å². The van der Waals surface area contributed by atoms with Crippen molar-refractivity contribution in [2.45, 2.75) is 38.1 Å². The molecule has 1 atom stereocenters. The monoisotopic (exact) mass is 314 g/mol. The van der Waals surface area contributed by atoms with Crippen LogP contribution < -0.4 is 10.6 Å². The number of thiophene rings is 1. The minimum Gasteiger partial charge on any atom is -0.388 e. The number of carbonyl (C=O) groups excluding carboxylic acids is 1. The van der Waals surface area contributed by atoms with Gasteiger partial charge in [-0.3, -0.25) is 4.79 Å². The molecular weight excluding hydrogens is 292 g/mol. The Labute approximate surface area is 135 Å². The summed E-state index contributed by atoms with van der Waals surface area (Å²) in [5.74, 6) is 0.0968. The average molecular weight is 314 g/mol. The maximum atomic E-state index is 12.4. The molecule has 1 saturated carbocycles. The third kappa shape index (κ3) is 3.17. The lowest BCUT2D eigenvalue weighted by Gasteiger charge is -2.18. The summed E-state index contributed by atoms with van der Waals surface area (Å²) in [6, 6.07) is 8.87. The third-order valence-electron chi connectivity index (χ3n) is 4.20. The highest BCUT2D eigenvalue weighted by Gasteiger charge is 2.27. The van der Waals surface area contributed by atoms with Gasteiger partial charge in [-0.1, -0.05) is 19.1 Å². The first-order valence-corrected chi connectivity index (χ1v) is 8.81. The van der Waals surface area contributed by atoms with E-state index in [0.29, 0.717) is 6.04 Å². The van der Waals surface area contributed by atoms with Gasteiger partial charge in [0.25, 0.3) is 0 Å². The molecule has 0 spiro atoms. The van der Waals surface area contributed by atoms with Crippen LogP contribution in [0.1, 0.15) is 37.7 Å². The maximum absolute atomic E-state index is 12.4. The molecule has 1 aromatic carbocycles. The molecule has 1 aromatic heterocycles. The Balaban J connectivity index is 1.88. The molecule has 116 valence electrons. The van der Waals surface area contributed by atoms with Crippen LogP contribution in [0.2, 0.25) is 0 Å². The number of rotatable bonds is 6. The maximum Gasteiger partial charge on any atom is 0.227 e. The number of carbonyl (C=O) groups is 1. The van der Waals surface area contributed by atoms with Crippen LogP contribution in [0.25, 0.3) is 11.1 Å². The number of hydrogen-bond donors (Lipinski definition) is 2. The molecule has 1 aliphatic rings. The fourth-order valence-electron chi connectivity index (χ4n) is 2.76. The molecular formula is C18H22N2OS. The lowest BCUT2D eigenvalue weighted by molar-refractivity contribution is -0.122. The number of anilines is 1. The van der Waals surface area contributed by atoms with Crippen LogP contribution in [0.4, 0.5) is 5.69 Å². The van der Waals surface area contributed by atoms with Gasteiger partial charge in [0.2, 0.25) is 5.91 Å². The van der Waals surface area contributed by atoms with Gasteiger partial charge in [-0.25, -0.2) is 0 Å². The molecule has 0 aliphatic heterocycles. The number of nitrogens with one attached hydrogen (secondary N) is 2. The molecule has 2 N–H and O–H groups in total. The largest absolute Gasteiger partial charge is 0.388 e. The van der Waals surface area contributed by atoms with Gasteiger partial charge >= 0.3 is 0 Å². The molecule has 1 unspecified atom stereocenters. The smallest absolute Gasteiger partial charge is 0.227 e. The summed E-state index contributed by atoms with van der Waals surface area (Å²) in [5, 5.41) is 10.6. The Hall–Kier alpha value is -1.81. The van der Waals surface area contributed by atoms with Crippen LogP contribution in [-0.4, -0.2) is 19.0 Å². The van der Waals surface area contributed by atoms with Crippen LogP contribution in [-0.2, 0) is 4.79 Å². The average Bonchev–Trinajstić information content (AvgIpc) is 3.17. The molecule has 4 heteroatoms. The highest BCUT2D eigenvalue weighted by Crippen LogP contribution is 2.33. The first-order chi connectivity index (χ1) is 10.7. The lowest BCUT2D eigenvalue weighted by atomic mass is 9.92. The van der Waals surface area contributed by atoms with Crippen molar-refractivity contribution in [3.8, 4) is 11.1 Å². The van der Waals surface area contributed by atoms with Crippen molar-refractivity contribution in [2.75, 3.05) is 12.4 Å². The van der Waals surface area contributed by atoms with Crippen LogP contribution in [0, 0.1) is 0 Å². The van der Waals surface area contributed by atoms with Crippen LogP contribution in [0.3, 0.4) is 0 Å². The Morgan fingerprint density at radius 1 is 1.36 bits per heavy atom. The SMILES string of the molecule is CCC(C(=O)NC1CC1)c1ccc(-c2ccsc2)c(NC)c1. The number of benzene rings is 1. The van der Waals surface area contributed by atoms with Crippen LogP contribution in [0.5, 0.6) is 0 Å². The fourth-order valence-corrected chi connectivity index (χ4v) is 3.41.